The molecule has 0 aliphatic heterocycles. The molecule has 158 valence electrons. The van der Waals surface area contributed by atoms with Gasteiger partial charge in [-0.3, -0.25) is 4.79 Å². The third-order valence-electron chi connectivity index (χ3n) is 4.15. The van der Waals surface area contributed by atoms with Gasteiger partial charge in [0.15, 0.2) is 0 Å². The van der Waals surface area contributed by atoms with Crippen molar-refractivity contribution in [2.45, 2.75) is 13.0 Å². The van der Waals surface area contributed by atoms with Gasteiger partial charge in [-0.1, -0.05) is 12.1 Å². The number of rotatable bonds is 8. The highest BCUT2D eigenvalue weighted by Crippen LogP contribution is 2.17. The molecular weight excluding hydrogens is 394 g/mol. The zero-order chi connectivity index (χ0) is 22.1. The van der Waals surface area contributed by atoms with Gasteiger partial charge in [-0.15, -0.1) is 0 Å². The molecule has 0 radical (unpaired) electrons. The Labute approximate surface area is 173 Å². The lowest BCUT2D eigenvalue weighted by Gasteiger charge is -2.17. The number of nitrogens with one attached hydrogen (secondary N) is 1. The van der Waals surface area contributed by atoms with Crippen LogP contribution in [0.1, 0.15) is 28.9 Å². The van der Waals surface area contributed by atoms with Gasteiger partial charge in [-0.05, 0) is 55.0 Å². The van der Waals surface area contributed by atoms with Gasteiger partial charge in [-0.25, -0.2) is 13.6 Å². The van der Waals surface area contributed by atoms with Crippen molar-refractivity contribution in [2.75, 3.05) is 13.7 Å². The minimum absolute atomic E-state index is 0.0171. The largest absolute Gasteiger partial charge is 0.489 e. The first-order chi connectivity index (χ1) is 14.3. The van der Waals surface area contributed by atoms with E-state index in [1.54, 1.807) is 31.2 Å². The molecule has 2 rings (SSSR count). The molecular formula is C22H22F2N2O4. The molecule has 1 unspecified atom stereocenters. The highest BCUT2D eigenvalue weighted by atomic mass is 19.1. The Hall–Kier alpha value is -3.68. The third-order valence-corrected chi connectivity index (χ3v) is 4.15. The van der Waals surface area contributed by atoms with Crippen molar-refractivity contribution in [1.29, 1.82) is 0 Å². The number of allylic oxidation sites excluding steroid dienone is 2. The van der Waals surface area contributed by atoms with Crippen LogP contribution in [0.2, 0.25) is 0 Å². The quantitative estimate of drug-likeness (QED) is 0.390. The Kier molecular flexibility index (Phi) is 8.10. The second-order valence-electron chi connectivity index (χ2n) is 6.27. The molecule has 1 amide bonds. The summed E-state index contributed by atoms with van der Waals surface area (Å²) in [4.78, 5) is 24.2. The minimum atomic E-state index is -0.807. The number of hydrogen-bond donors (Lipinski definition) is 2. The Morgan fingerprint density at radius 1 is 1.13 bits per heavy atom. The van der Waals surface area contributed by atoms with Crippen molar-refractivity contribution < 1.29 is 27.8 Å². The molecule has 0 saturated carbocycles. The van der Waals surface area contributed by atoms with E-state index in [0.29, 0.717) is 11.3 Å². The molecule has 2 aromatic rings. The summed E-state index contributed by atoms with van der Waals surface area (Å²) in [5, 5.41) is 2.74. The molecule has 0 aliphatic carbocycles. The van der Waals surface area contributed by atoms with Gasteiger partial charge in [-0.2, -0.15) is 0 Å². The number of halogens is 2. The van der Waals surface area contributed by atoms with Crippen molar-refractivity contribution in [1.82, 2.24) is 5.32 Å². The first kappa shape index (κ1) is 22.6. The van der Waals surface area contributed by atoms with E-state index < -0.39 is 29.6 Å². The molecule has 30 heavy (non-hydrogen) atoms. The van der Waals surface area contributed by atoms with Crippen molar-refractivity contribution in [3.63, 3.8) is 0 Å². The zero-order valence-electron chi connectivity index (χ0n) is 16.5. The van der Waals surface area contributed by atoms with Crippen LogP contribution in [-0.2, 0) is 9.53 Å². The van der Waals surface area contributed by atoms with Crippen LogP contribution >= 0.6 is 0 Å². The van der Waals surface area contributed by atoms with Crippen molar-refractivity contribution >= 4 is 11.9 Å². The fraction of sp³-hybridized carbons (Fsp3) is 0.182. The third kappa shape index (κ3) is 6.44. The number of ether oxygens (including phenoxy) is 2. The SMILES string of the molecule is COC(=O)c1ccc(C(C)NC(=O)/C(=C/C(F)=C\N)COc2ccc(F)cc2)cc1. The summed E-state index contributed by atoms with van der Waals surface area (Å²) < 4.78 is 36.8. The zero-order valence-corrected chi connectivity index (χ0v) is 16.5. The number of carbonyl (C=O) groups excluding carboxylic acids is 2. The Morgan fingerprint density at radius 3 is 2.33 bits per heavy atom. The fourth-order valence-electron chi connectivity index (χ4n) is 2.48. The molecule has 0 fully saturated rings. The maximum Gasteiger partial charge on any atom is 0.337 e. The van der Waals surface area contributed by atoms with Gasteiger partial charge in [0, 0.05) is 6.20 Å². The summed E-state index contributed by atoms with van der Waals surface area (Å²) in [5.41, 5.74) is 6.24. The molecule has 1 atom stereocenters. The smallest absolute Gasteiger partial charge is 0.337 e. The number of amides is 1. The van der Waals surface area contributed by atoms with Crippen molar-refractivity contribution in [3.8, 4) is 5.75 Å². The molecule has 0 aliphatic rings. The molecule has 0 heterocycles. The van der Waals surface area contributed by atoms with Crippen LogP contribution in [0.3, 0.4) is 0 Å². The van der Waals surface area contributed by atoms with Crippen LogP contribution in [0.25, 0.3) is 0 Å². The predicted octanol–water partition coefficient (Wildman–Crippen LogP) is 3.56. The van der Waals surface area contributed by atoms with E-state index in [0.717, 1.165) is 17.8 Å². The number of hydrogen-bond acceptors (Lipinski definition) is 5. The summed E-state index contributed by atoms with van der Waals surface area (Å²) >= 11 is 0. The molecule has 8 heteroatoms. The second-order valence-corrected chi connectivity index (χ2v) is 6.27. The number of methoxy groups -OCH3 is 1. The Morgan fingerprint density at radius 2 is 1.77 bits per heavy atom. The molecule has 3 N–H and O–H groups in total. The lowest BCUT2D eigenvalue weighted by atomic mass is 10.1. The normalized spacial score (nSPS) is 12.8. The molecule has 6 nitrogen and oxygen atoms in total. The van der Waals surface area contributed by atoms with Gasteiger partial charge >= 0.3 is 5.97 Å². The van der Waals surface area contributed by atoms with Crippen molar-refractivity contribution in [2.24, 2.45) is 5.73 Å². The number of carbonyl (C=O) groups is 2. The monoisotopic (exact) mass is 416 g/mol. The fourth-order valence-corrected chi connectivity index (χ4v) is 2.48. The number of esters is 1. The van der Waals surface area contributed by atoms with Gasteiger partial charge in [0.25, 0.3) is 5.91 Å². The first-order valence-corrected chi connectivity index (χ1v) is 8.99. The summed E-state index contributed by atoms with van der Waals surface area (Å²) in [7, 11) is 1.29. The maximum absolute atomic E-state index is 13.7. The van der Waals surface area contributed by atoms with Crippen LogP contribution in [-0.4, -0.2) is 25.6 Å². The maximum atomic E-state index is 13.7. The van der Waals surface area contributed by atoms with Crippen LogP contribution in [0, 0.1) is 5.82 Å². The van der Waals surface area contributed by atoms with E-state index in [9.17, 15) is 18.4 Å². The van der Waals surface area contributed by atoms with E-state index in [4.69, 9.17) is 10.5 Å². The van der Waals surface area contributed by atoms with Gasteiger partial charge in [0.05, 0.1) is 24.3 Å². The summed E-state index contributed by atoms with van der Waals surface area (Å²) in [6, 6.07) is 11.3. The molecule has 0 aromatic heterocycles. The molecule has 2 aromatic carbocycles. The summed E-state index contributed by atoms with van der Waals surface area (Å²) in [5.74, 6) is -1.96. The van der Waals surface area contributed by atoms with E-state index in [2.05, 4.69) is 10.1 Å². The second kappa shape index (κ2) is 10.8. The van der Waals surface area contributed by atoms with E-state index >= 15 is 0 Å². The van der Waals surface area contributed by atoms with Crippen LogP contribution in [0.4, 0.5) is 8.78 Å². The average Bonchev–Trinajstić information content (AvgIpc) is 2.76. The lowest BCUT2D eigenvalue weighted by Crippen LogP contribution is -2.30. The standard InChI is InChI=1S/C22H22F2N2O4/c1-14(15-3-5-16(6-4-15)22(28)29-2)26-21(27)17(11-19(24)12-25)13-30-20-9-7-18(23)8-10-20/h3-12,14H,13,25H2,1-2H3,(H,26,27)/b17-11+,19-12+. The molecule has 0 spiro atoms. The summed E-state index contributed by atoms with van der Waals surface area (Å²) in [6.07, 6.45) is 1.69. The van der Waals surface area contributed by atoms with E-state index in [-0.39, 0.29) is 12.2 Å². The van der Waals surface area contributed by atoms with Crippen LogP contribution in [0.15, 0.2) is 72.2 Å². The topological polar surface area (TPSA) is 90.7 Å². The number of nitrogens with two attached hydrogens (primary N) is 1. The first-order valence-electron chi connectivity index (χ1n) is 8.99. The Balaban J connectivity index is 2.10. The average molecular weight is 416 g/mol. The van der Waals surface area contributed by atoms with Gasteiger partial charge in [0.1, 0.15) is 24.0 Å². The van der Waals surface area contributed by atoms with E-state index in [1.165, 1.54) is 31.4 Å². The van der Waals surface area contributed by atoms with Gasteiger partial charge in [0.2, 0.25) is 0 Å². The van der Waals surface area contributed by atoms with Crippen LogP contribution < -0.4 is 15.8 Å². The highest BCUT2D eigenvalue weighted by molar-refractivity contribution is 5.94. The minimum Gasteiger partial charge on any atom is -0.489 e. The predicted molar refractivity (Wildman–Crippen MR) is 108 cm³/mol. The molecule has 0 saturated heterocycles. The Bertz CT molecular complexity index is 939. The van der Waals surface area contributed by atoms with Crippen molar-refractivity contribution in [3.05, 3.63) is 89.2 Å². The summed E-state index contributed by atoms with van der Waals surface area (Å²) in [6.45, 7) is 1.48. The molecule has 0 bridgehead atoms. The van der Waals surface area contributed by atoms with Gasteiger partial charge < -0.3 is 20.5 Å². The highest BCUT2D eigenvalue weighted by Gasteiger charge is 2.16. The number of benzene rings is 2. The van der Waals surface area contributed by atoms with E-state index in [1.807, 2.05) is 0 Å². The van der Waals surface area contributed by atoms with Crippen LogP contribution in [0.5, 0.6) is 5.75 Å². The lowest BCUT2D eigenvalue weighted by molar-refractivity contribution is -0.118.